The van der Waals surface area contributed by atoms with Crippen LogP contribution in [0.2, 0.25) is 15.3 Å². The van der Waals surface area contributed by atoms with Gasteiger partial charge in [-0.3, -0.25) is 4.79 Å². The lowest BCUT2D eigenvalue weighted by molar-refractivity contribution is 0.112. The van der Waals surface area contributed by atoms with Crippen LogP contribution in [-0.2, 0) is 0 Å². The minimum atomic E-state index is 0.0535. The molecule has 2 aromatic carbocycles. The van der Waals surface area contributed by atoms with Crippen LogP contribution in [0.3, 0.4) is 0 Å². The zero-order chi connectivity index (χ0) is 15.0. The zero-order valence-electron chi connectivity index (χ0n) is 10.5. The Balaban J connectivity index is 2.42. The fourth-order valence-electron chi connectivity index (χ4n) is 2.11. The molecule has 0 aliphatic carbocycles. The molecule has 1 aromatic heterocycles. The first-order valence-corrected chi connectivity index (χ1v) is 7.10. The summed E-state index contributed by atoms with van der Waals surface area (Å²) in [6.45, 7) is 0. The topological polar surface area (TPSA) is 42.9 Å². The van der Waals surface area contributed by atoms with Gasteiger partial charge >= 0.3 is 0 Å². The number of fused-ring (bicyclic) bond motifs is 1. The third kappa shape index (κ3) is 2.60. The van der Waals surface area contributed by atoms with Gasteiger partial charge in [0, 0.05) is 21.5 Å². The van der Waals surface area contributed by atoms with E-state index in [9.17, 15) is 4.79 Å². The van der Waals surface area contributed by atoms with Crippen LogP contribution in [0.5, 0.6) is 0 Å². The lowest BCUT2D eigenvalue weighted by atomic mass is 10.0. The van der Waals surface area contributed by atoms with Gasteiger partial charge in [-0.25, -0.2) is 9.97 Å². The molecule has 0 amide bonds. The fraction of sp³-hybridized carbons (Fsp3) is 0. The van der Waals surface area contributed by atoms with Crippen molar-refractivity contribution >= 4 is 52.0 Å². The minimum Gasteiger partial charge on any atom is -0.298 e. The Bertz CT molecular complexity index is 848. The number of aromatic nitrogens is 2. The van der Waals surface area contributed by atoms with Gasteiger partial charge < -0.3 is 0 Å². The smallest absolute Gasteiger partial charge is 0.223 e. The van der Waals surface area contributed by atoms with Crippen LogP contribution in [0, 0.1) is 0 Å². The van der Waals surface area contributed by atoms with E-state index in [1.807, 2.05) is 12.1 Å². The Morgan fingerprint density at radius 1 is 0.905 bits per heavy atom. The summed E-state index contributed by atoms with van der Waals surface area (Å²) < 4.78 is 0. The van der Waals surface area contributed by atoms with E-state index in [0.717, 1.165) is 5.56 Å². The molecular weight excluding hydrogens is 331 g/mol. The molecule has 0 unspecified atom stereocenters. The van der Waals surface area contributed by atoms with Crippen molar-refractivity contribution in [2.24, 2.45) is 0 Å². The molecule has 0 saturated heterocycles. The molecule has 104 valence electrons. The van der Waals surface area contributed by atoms with Crippen molar-refractivity contribution in [3.8, 4) is 11.3 Å². The standard InChI is InChI=1S/C15H7Cl3N2O/c16-10-4-1-8(2-5-10)13-12-11(17)6-3-9(7-21)14(12)20-15(18)19-13/h1-7H. The van der Waals surface area contributed by atoms with Gasteiger partial charge in [-0.15, -0.1) is 0 Å². The van der Waals surface area contributed by atoms with E-state index in [4.69, 9.17) is 34.8 Å². The highest BCUT2D eigenvalue weighted by Gasteiger charge is 2.15. The van der Waals surface area contributed by atoms with E-state index in [0.29, 0.717) is 38.5 Å². The van der Waals surface area contributed by atoms with Crippen molar-refractivity contribution < 1.29 is 4.79 Å². The number of carbonyl (C=O) groups excluding carboxylic acids is 1. The number of benzene rings is 2. The molecule has 3 nitrogen and oxygen atoms in total. The third-order valence-electron chi connectivity index (χ3n) is 3.05. The Morgan fingerprint density at radius 2 is 1.62 bits per heavy atom. The predicted molar refractivity (Wildman–Crippen MR) is 85.4 cm³/mol. The van der Waals surface area contributed by atoms with Crippen molar-refractivity contribution in [1.29, 1.82) is 0 Å². The van der Waals surface area contributed by atoms with Gasteiger partial charge in [-0.2, -0.15) is 0 Å². The highest BCUT2D eigenvalue weighted by atomic mass is 35.5. The third-order valence-corrected chi connectivity index (χ3v) is 3.78. The monoisotopic (exact) mass is 336 g/mol. The molecule has 0 radical (unpaired) electrons. The second-order valence-corrected chi connectivity index (χ2v) is 5.51. The van der Waals surface area contributed by atoms with E-state index < -0.39 is 0 Å². The van der Waals surface area contributed by atoms with Crippen LogP contribution in [0.4, 0.5) is 0 Å². The summed E-state index contributed by atoms with van der Waals surface area (Å²) in [4.78, 5) is 19.5. The second-order valence-electron chi connectivity index (χ2n) is 4.33. The summed E-state index contributed by atoms with van der Waals surface area (Å²) in [5.74, 6) is 0. The number of rotatable bonds is 2. The minimum absolute atomic E-state index is 0.0535. The van der Waals surface area contributed by atoms with E-state index >= 15 is 0 Å². The van der Waals surface area contributed by atoms with Crippen molar-refractivity contribution in [1.82, 2.24) is 9.97 Å². The quantitative estimate of drug-likeness (QED) is 0.484. The zero-order valence-corrected chi connectivity index (χ0v) is 12.7. The predicted octanol–water partition coefficient (Wildman–Crippen LogP) is 5.07. The van der Waals surface area contributed by atoms with Gasteiger partial charge in [0.25, 0.3) is 0 Å². The summed E-state index contributed by atoms with van der Waals surface area (Å²) in [7, 11) is 0. The van der Waals surface area contributed by atoms with Gasteiger partial charge in [0.1, 0.15) is 0 Å². The lowest BCUT2D eigenvalue weighted by Gasteiger charge is -2.09. The summed E-state index contributed by atoms with van der Waals surface area (Å²) >= 11 is 18.1. The van der Waals surface area contributed by atoms with Crippen LogP contribution >= 0.6 is 34.8 Å². The van der Waals surface area contributed by atoms with Gasteiger partial charge in [0.15, 0.2) is 6.29 Å². The summed E-state index contributed by atoms with van der Waals surface area (Å²) in [5.41, 5.74) is 2.20. The molecule has 1 heterocycles. The molecule has 0 N–H and O–H groups in total. The average molecular weight is 338 g/mol. The lowest BCUT2D eigenvalue weighted by Crippen LogP contribution is -1.95. The maximum Gasteiger partial charge on any atom is 0.223 e. The van der Waals surface area contributed by atoms with E-state index in [-0.39, 0.29) is 5.28 Å². The van der Waals surface area contributed by atoms with Crippen molar-refractivity contribution in [3.63, 3.8) is 0 Å². The molecule has 0 aliphatic rings. The second kappa shape index (κ2) is 5.60. The first-order chi connectivity index (χ1) is 10.1. The van der Waals surface area contributed by atoms with E-state index in [2.05, 4.69) is 9.97 Å². The number of hydrogen-bond acceptors (Lipinski definition) is 3. The van der Waals surface area contributed by atoms with Crippen LogP contribution in [-0.4, -0.2) is 16.3 Å². The SMILES string of the molecule is O=Cc1ccc(Cl)c2c(-c3ccc(Cl)cc3)nc(Cl)nc12. The molecule has 3 aromatic rings. The number of hydrogen-bond donors (Lipinski definition) is 0. The number of carbonyl (C=O) groups is 1. The highest BCUT2D eigenvalue weighted by molar-refractivity contribution is 6.37. The molecule has 0 fully saturated rings. The molecule has 0 bridgehead atoms. The van der Waals surface area contributed by atoms with Gasteiger partial charge in [-0.05, 0) is 35.9 Å². The van der Waals surface area contributed by atoms with E-state index in [1.165, 1.54) is 0 Å². The maximum absolute atomic E-state index is 11.2. The van der Waals surface area contributed by atoms with Crippen molar-refractivity contribution in [2.45, 2.75) is 0 Å². The van der Waals surface area contributed by atoms with Crippen molar-refractivity contribution in [3.05, 3.63) is 57.3 Å². The Labute approximate surface area is 135 Å². The first kappa shape index (κ1) is 14.3. The van der Waals surface area contributed by atoms with Crippen molar-refractivity contribution in [2.75, 3.05) is 0 Å². The normalized spacial score (nSPS) is 10.8. The van der Waals surface area contributed by atoms with Crippen LogP contribution in [0.1, 0.15) is 10.4 Å². The molecule has 0 aliphatic heterocycles. The number of aldehydes is 1. The van der Waals surface area contributed by atoms with Gasteiger partial charge in [-0.1, -0.05) is 35.3 Å². The van der Waals surface area contributed by atoms with Crippen LogP contribution < -0.4 is 0 Å². The summed E-state index contributed by atoms with van der Waals surface area (Å²) in [5, 5.41) is 1.71. The van der Waals surface area contributed by atoms with Gasteiger partial charge in [0.05, 0.1) is 16.2 Å². The number of nitrogens with zero attached hydrogens (tertiary/aromatic N) is 2. The molecule has 0 spiro atoms. The summed E-state index contributed by atoms with van der Waals surface area (Å²) in [6, 6.07) is 10.4. The van der Waals surface area contributed by atoms with Gasteiger partial charge in [0.2, 0.25) is 5.28 Å². The highest BCUT2D eigenvalue weighted by Crippen LogP contribution is 2.34. The molecule has 21 heavy (non-hydrogen) atoms. The molecular formula is C15H7Cl3N2O. The molecule has 6 heteroatoms. The Hall–Kier alpha value is -1.68. The molecule has 3 rings (SSSR count). The number of halogens is 3. The molecule has 0 saturated carbocycles. The largest absolute Gasteiger partial charge is 0.298 e. The van der Waals surface area contributed by atoms with Crippen LogP contribution in [0.25, 0.3) is 22.2 Å². The Morgan fingerprint density at radius 3 is 2.29 bits per heavy atom. The van der Waals surface area contributed by atoms with Crippen LogP contribution in [0.15, 0.2) is 36.4 Å². The maximum atomic E-state index is 11.2. The Kier molecular flexibility index (Phi) is 3.81. The first-order valence-electron chi connectivity index (χ1n) is 5.97. The molecule has 0 atom stereocenters. The van der Waals surface area contributed by atoms with E-state index in [1.54, 1.807) is 24.3 Å². The fourth-order valence-corrected chi connectivity index (χ4v) is 2.64. The summed E-state index contributed by atoms with van der Waals surface area (Å²) in [6.07, 6.45) is 0.716. The average Bonchev–Trinajstić information content (AvgIpc) is 2.47.